The number of likely N-dealkylation sites (N-methyl/N-ethyl adjacent to an activating group) is 1. The molecule has 0 saturated heterocycles. The van der Waals surface area contributed by atoms with Crippen LogP contribution in [0.1, 0.15) is 45.4 Å². The molecule has 1 fully saturated rings. The number of carbonyl (C=O) groups is 1. The topological polar surface area (TPSA) is 40.5 Å². The molecular formula is C12H23NO2. The maximum absolute atomic E-state index is 11.9. The Kier molecular flexibility index (Phi) is 5.88. The average Bonchev–Trinajstić information content (AvgIpc) is 2.45. The molecule has 3 heteroatoms. The SMILES string of the molecule is CCN(CCCO)C1CCCCCC1=O. The number of carbonyl (C=O) groups excluding carboxylic acids is 1. The van der Waals surface area contributed by atoms with Gasteiger partial charge in [0.05, 0.1) is 6.04 Å². The van der Waals surface area contributed by atoms with Crippen LogP contribution in [0.15, 0.2) is 0 Å². The maximum atomic E-state index is 11.9. The minimum Gasteiger partial charge on any atom is -0.396 e. The molecule has 0 amide bonds. The highest BCUT2D eigenvalue weighted by Gasteiger charge is 2.25. The number of hydrogen-bond donors (Lipinski definition) is 1. The van der Waals surface area contributed by atoms with E-state index in [-0.39, 0.29) is 12.6 Å². The number of hydrogen-bond acceptors (Lipinski definition) is 3. The summed E-state index contributed by atoms with van der Waals surface area (Å²) in [6.45, 7) is 4.08. The van der Waals surface area contributed by atoms with Gasteiger partial charge < -0.3 is 5.11 Å². The first-order chi connectivity index (χ1) is 7.29. The Hall–Kier alpha value is -0.410. The van der Waals surface area contributed by atoms with Crippen molar-refractivity contribution in [1.82, 2.24) is 4.90 Å². The Morgan fingerprint density at radius 1 is 1.40 bits per heavy atom. The third kappa shape index (κ3) is 3.92. The molecule has 0 aliphatic heterocycles. The molecule has 1 N–H and O–H groups in total. The number of Topliss-reactive ketones (excluding diaryl/α,β-unsaturated/α-hetero) is 1. The molecule has 1 saturated carbocycles. The third-order valence-electron chi connectivity index (χ3n) is 3.22. The fraction of sp³-hybridized carbons (Fsp3) is 0.917. The zero-order chi connectivity index (χ0) is 11.1. The molecule has 1 rings (SSSR count). The number of ketones is 1. The molecule has 88 valence electrons. The molecule has 0 bridgehead atoms. The van der Waals surface area contributed by atoms with Crippen molar-refractivity contribution < 1.29 is 9.90 Å². The summed E-state index contributed by atoms with van der Waals surface area (Å²) in [7, 11) is 0. The lowest BCUT2D eigenvalue weighted by atomic mass is 10.1. The van der Waals surface area contributed by atoms with Crippen LogP contribution in [0.2, 0.25) is 0 Å². The van der Waals surface area contributed by atoms with Crippen LogP contribution in [-0.2, 0) is 4.79 Å². The van der Waals surface area contributed by atoms with Crippen LogP contribution in [0.5, 0.6) is 0 Å². The van der Waals surface area contributed by atoms with E-state index in [0.29, 0.717) is 5.78 Å². The van der Waals surface area contributed by atoms with Gasteiger partial charge in [-0.1, -0.05) is 19.8 Å². The Morgan fingerprint density at radius 2 is 2.20 bits per heavy atom. The van der Waals surface area contributed by atoms with E-state index in [2.05, 4.69) is 11.8 Å². The molecule has 1 unspecified atom stereocenters. The normalized spacial score (nSPS) is 23.1. The summed E-state index contributed by atoms with van der Waals surface area (Å²) in [4.78, 5) is 14.1. The standard InChI is InChI=1S/C12H23NO2/c1-2-13(9-6-10-14)11-7-4-3-5-8-12(11)15/h11,14H,2-10H2,1H3. The minimum absolute atomic E-state index is 0.129. The number of nitrogens with zero attached hydrogens (tertiary/aromatic N) is 1. The lowest BCUT2D eigenvalue weighted by Crippen LogP contribution is -2.41. The second-order valence-electron chi connectivity index (χ2n) is 4.29. The van der Waals surface area contributed by atoms with Crippen molar-refractivity contribution in [3.8, 4) is 0 Å². The Bertz CT molecular complexity index is 194. The Labute approximate surface area is 92.5 Å². The molecule has 1 atom stereocenters. The molecule has 0 aromatic rings. The molecule has 0 aromatic carbocycles. The number of aliphatic hydroxyl groups is 1. The van der Waals surface area contributed by atoms with Crippen LogP contribution in [0.25, 0.3) is 0 Å². The maximum Gasteiger partial charge on any atom is 0.149 e. The van der Waals surface area contributed by atoms with Crippen LogP contribution in [0.4, 0.5) is 0 Å². The summed E-state index contributed by atoms with van der Waals surface area (Å²) in [5, 5.41) is 8.82. The first-order valence-corrected chi connectivity index (χ1v) is 6.17. The summed E-state index contributed by atoms with van der Waals surface area (Å²) < 4.78 is 0. The summed E-state index contributed by atoms with van der Waals surface area (Å²) in [6, 6.07) is 0.129. The lowest BCUT2D eigenvalue weighted by Gasteiger charge is -2.28. The van der Waals surface area contributed by atoms with E-state index in [9.17, 15) is 4.79 Å². The van der Waals surface area contributed by atoms with E-state index in [1.54, 1.807) is 0 Å². The van der Waals surface area contributed by atoms with Crippen LogP contribution in [-0.4, -0.2) is 41.5 Å². The van der Waals surface area contributed by atoms with Gasteiger partial charge in [0.1, 0.15) is 5.78 Å². The molecule has 1 aliphatic rings. The first kappa shape index (κ1) is 12.7. The first-order valence-electron chi connectivity index (χ1n) is 6.17. The molecule has 0 heterocycles. The smallest absolute Gasteiger partial charge is 0.149 e. The van der Waals surface area contributed by atoms with E-state index >= 15 is 0 Å². The molecule has 15 heavy (non-hydrogen) atoms. The Balaban J connectivity index is 2.51. The fourth-order valence-electron chi connectivity index (χ4n) is 2.34. The van der Waals surface area contributed by atoms with Crippen LogP contribution in [0, 0.1) is 0 Å². The van der Waals surface area contributed by atoms with E-state index in [0.717, 1.165) is 38.8 Å². The molecular weight excluding hydrogens is 190 g/mol. The van der Waals surface area contributed by atoms with E-state index in [4.69, 9.17) is 5.11 Å². The highest BCUT2D eigenvalue weighted by Crippen LogP contribution is 2.19. The third-order valence-corrected chi connectivity index (χ3v) is 3.22. The van der Waals surface area contributed by atoms with Gasteiger partial charge in [-0.2, -0.15) is 0 Å². The van der Waals surface area contributed by atoms with Crippen LogP contribution < -0.4 is 0 Å². The zero-order valence-electron chi connectivity index (χ0n) is 9.74. The second kappa shape index (κ2) is 6.96. The monoisotopic (exact) mass is 213 g/mol. The molecule has 0 radical (unpaired) electrons. The van der Waals surface area contributed by atoms with Crippen molar-refractivity contribution in [3.05, 3.63) is 0 Å². The van der Waals surface area contributed by atoms with Crippen molar-refractivity contribution >= 4 is 5.78 Å². The van der Waals surface area contributed by atoms with Crippen molar-refractivity contribution in [2.75, 3.05) is 19.7 Å². The van der Waals surface area contributed by atoms with Gasteiger partial charge >= 0.3 is 0 Å². The van der Waals surface area contributed by atoms with Gasteiger partial charge in [-0.3, -0.25) is 9.69 Å². The van der Waals surface area contributed by atoms with Crippen molar-refractivity contribution in [2.24, 2.45) is 0 Å². The number of aliphatic hydroxyl groups excluding tert-OH is 1. The van der Waals surface area contributed by atoms with Gasteiger partial charge in [-0.25, -0.2) is 0 Å². The predicted octanol–water partition coefficient (Wildman–Crippen LogP) is 1.59. The average molecular weight is 213 g/mol. The fourth-order valence-corrected chi connectivity index (χ4v) is 2.34. The van der Waals surface area contributed by atoms with Gasteiger partial charge in [-0.15, -0.1) is 0 Å². The van der Waals surface area contributed by atoms with Crippen LogP contribution in [0.3, 0.4) is 0 Å². The highest BCUT2D eigenvalue weighted by molar-refractivity contribution is 5.84. The van der Waals surface area contributed by atoms with Gasteiger partial charge in [0.2, 0.25) is 0 Å². The summed E-state index contributed by atoms with van der Waals surface area (Å²) in [6.07, 6.45) is 5.97. The van der Waals surface area contributed by atoms with E-state index in [1.807, 2.05) is 0 Å². The van der Waals surface area contributed by atoms with Gasteiger partial charge in [0.15, 0.2) is 0 Å². The van der Waals surface area contributed by atoms with Crippen molar-refractivity contribution in [3.63, 3.8) is 0 Å². The highest BCUT2D eigenvalue weighted by atomic mass is 16.3. The van der Waals surface area contributed by atoms with Crippen molar-refractivity contribution in [1.29, 1.82) is 0 Å². The quantitative estimate of drug-likeness (QED) is 0.705. The summed E-state index contributed by atoms with van der Waals surface area (Å²) >= 11 is 0. The van der Waals surface area contributed by atoms with Crippen LogP contribution >= 0.6 is 0 Å². The molecule has 1 aliphatic carbocycles. The van der Waals surface area contributed by atoms with Crippen molar-refractivity contribution in [2.45, 2.75) is 51.5 Å². The largest absolute Gasteiger partial charge is 0.396 e. The molecule has 3 nitrogen and oxygen atoms in total. The summed E-state index contributed by atoms with van der Waals surface area (Å²) in [5.74, 6) is 0.410. The Morgan fingerprint density at radius 3 is 2.87 bits per heavy atom. The summed E-state index contributed by atoms with van der Waals surface area (Å²) in [5.41, 5.74) is 0. The predicted molar refractivity (Wildman–Crippen MR) is 60.8 cm³/mol. The van der Waals surface area contributed by atoms with Gasteiger partial charge in [0, 0.05) is 19.6 Å². The zero-order valence-corrected chi connectivity index (χ0v) is 9.74. The second-order valence-corrected chi connectivity index (χ2v) is 4.29. The molecule has 0 aromatic heterocycles. The van der Waals surface area contributed by atoms with E-state index < -0.39 is 0 Å². The van der Waals surface area contributed by atoms with E-state index in [1.165, 1.54) is 12.8 Å². The van der Waals surface area contributed by atoms with Gasteiger partial charge in [-0.05, 0) is 25.8 Å². The minimum atomic E-state index is 0.129. The molecule has 0 spiro atoms. The lowest BCUT2D eigenvalue weighted by molar-refractivity contribution is -0.124. The number of rotatable bonds is 5. The van der Waals surface area contributed by atoms with Gasteiger partial charge in [0.25, 0.3) is 0 Å².